The fraction of sp³-hybridized carbons (Fsp3) is 0.259. The Morgan fingerprint density at radius 1 is 1.11 bits per heavy atom. The molecule has 1 aromatic heterocycles. The van der Waals surface area contributed by atoms with E-state index in [4.69, 9.17) is 27.9 Å². The van der Waals surface area contributed by atoms with Gasteiger partial charge in [0, 0.05) is 11.1 Å². The Kier molecular flexibility index (Phi) is 10.4. The molecule has 0 fully saturated rings. The van der Waals surface area contributed by atoms with Crippen molar-refractivity contribution in [2.45, 2.75) is 39.7 Å². The average molecular weight is 563 g/mol. The van der Waals surface area contributed by atoms with E-state index in [0.29, 0.717) is 41.0 Å². The summed E-state index contributed by atoms with van der Waals surface area (Å²) in [5, 5.41) is 1.65. The molecule has 0 bridgehead atoms. The number of hydrogen-bond donors (Lipinski definition) is 1. The standard InChI is InChI=1S/C27H29Cl2N3O4S/c1-3-4-8-16-36-23-12-11-22(24(28)18-23)19-32-20(2)30-27(29)25(32)13-14-26(33)31-37(34,35)17-15-21-9-6-5-7-10-21/h5-7,9-15,17-18H,3-4,8,16,19H2,1-2H3,(H,31,33). The molecule has 7 nitrogen and oxygen atoms in total. The molecule has 0 spiro atoms. The smallest absolute Gasteiger partial charge is 0.257 e. The number of halogens is 2. The van der Waals surface area contributed by atoms with E-state index >= 15 is 0 Å². The zero-order chi connectivity index (χ0) is 26.8. The van der Waals surface area contributed by atoms with Crippen LogP contribution in [0.15, 0.2) is 60.0 Å². The highest BCUT2D eigenvalue weighted by Crippen LogP contribution is 2.26. The highest BCUT2D eigenvalue weighted by molar-refractivity contribution is 7.93. The fourth-order valence-electron chi connectivity index (χ4n) is 3.46. The van der Waals surface area contributed by atoms with E-state index in [0.717, 1.165) is 36.3 Å². The number of benzene rings is 2. The molecule has 0 saturated heterocycles. The second-order valence-electron chi connectivity index (χ2n) is 8.29. The highest BCUT2D eigenvalue weighted by atomic mass is 35.5. The number of nitrogens with one attached hydrogen (secondary N) is 1. The van der Waals surface area contributed by atoms with Gasteiger partial charge in [-0.3, -0.25) is 4.79 Å². The summed E-state index contributed by atoms with van der Waals surface area (Å²) in [6.45, 7) is 4.90. The number of aromatic nitrogens is 2. The number of carbonyl (C=O) groups is 1. The molecule has 0 atom stereocenters. The van der Waals surface area contributed by atoms with Gasteiger partial charge in [0.1, 0.15) is 11.6 Å². The Morgan fingerprint density at radius 3 is 2.57 bits per heavy atom. The lowest BCUT2D eigenvalue weighted by atomic mass is 10.2. The van der Waals surface area contributed by atoms with Gasteiger partial charge in [0.2, 0.25) is 0 Å². The van der Waals surface area contributed by atoms with Crippen LogP contribution >= 0.6 is 23.2 Å². The minimum atomic E-state index is -3.98. The van der Waals surface area contributed by atoms with Crippen LogP contribution in [0.5, 0.6) is 5.75 Å². The molecule has 3 rings (SSSR count). The van der Waals surface area contributed by atoms with Gasteiger partial charge in [0.25, 0.3) is 15.9 Å². The van der Waals surface area contributed by atoms with Gasteiger partial charge in [-0.25, -0.2) is 18.1 Å². The zero-order valence-corrected chi connectivity index (χ0v) is 23.0. The maximum absolute atomic E-state index is 12.3. The van der Waals surface area contributed by atoms with Crippen LogP contribution in [-0.2, 0) is 21.4 Å². The van der Waals surface area contributed by atoms with Crippen LogP contribution in [0.2, 0.25) is 10.2 Å². The third kappa shape index (κ3) is 8.77. The molecule has 10 heteroatoms. The summed E-state index contributed by atoms with van der Waals surface area (Å²) in [7, 11) is -3.98. The van der Waals surface area contributed by atoms with E-state index in [2.05, 4.69) is 11.9 Å². The molecule has 0 radical (unpaired) electrons. The first-order valence-electron chi connectivity index (χ1n) is 11.8. The number of nitrogens with zero attached hydrogens (tertiary/aromatic N) is 2. The largest absolute Gasteiger partial charge is 0.494 e. The van der Waals surface area contributed by atoms with Crippen LogP contribution in [0.25, 0.3) is 12.2 Å². The molecule has 1 amide bonds. The first-order valence-corrected chi connectivity index (χ1v) is 14.1. The molecule has 37 heavy (non-hydrogen) atoms. The van der Waals surface area contributed by atoms with E-state index in [1.165, 1.54) is 12.2 Å². The molecule has 3 aromatic rings. The van der Waals surface area contributed by atoms with E-state index in [1.807, 2.05) is 22.9 Å². The molecule has 1 N–H and O–H groups in total. The van der Waals surface area contributed by atoms with E-state index in [1.54, 1.807) is 41.8 Å². The Morgan fingerprint density at radius 2 is 1.86 bits per heavy atom. The second kappa shape index (κ2) is 13.5. The average Bonchev–Trinajstić information content (AvgIpc) is 3.13. The fourth-order valence-corrected chi connectivity index (χ4v) is 4.73. The molecule has 1 heterocycles. The normalized spacial score (nSPS) is 11.9. The van der Waals surface area contributed by atoms with Crippen molar-refractivity contribution >= 4 is 51.3 Å². The molecular formula is C27H29Cl2N3O4S. The van der Waals surface area contributed by atoms with Gasteiger partial charge < -0.3 is 9.30 Å². The minimum absolute atomic E-state index is 0.181. The summed E-state index contributed by atoms with van der Waals surface area (Å²) in [4.78, 5) is 16.6. The summed E-state index contributed by atoms with van der Waals surface area (Å²) in [6, 6.07) is 14.4. The number of unbranched alkanes of at least 4 members (excludes halogenated alkanes) is 2. The maximum atomic E-state index is 12.3. The van der Waals surface area contributed by atoms with Gasteiger partial charge in [-0.1, -0.05) is 79.4 Å². The maximum Gasteiger partial charge on any atom is 0.257 e. The third-order valence-corrected chi connectivity index (χ3v) is 7.01. The van der Waals surface area contributed by atoms with Gasteiger partial charge in [-0.2, -0.15) is 0 Å². The van der Waals surface area contributed by atoms with Crippen molar-refractivity contribution in [1.29, 1.82) is 0 Å². The first-order chi connectivity index (χ1) is 17.7. The second-order valence-corrected chi connectivity index (χ2v) is 10.6. The molecular weight excluding hydrogens is 533 g/mol. The molecule has 2 aromatic carbocycles. The number of hydrogen-bond acceptors (Lipinski definition) is 5. The van der Waals surface area contributed by atoms with Crippen LogP contribution < -0.4 is 9.46 Å². The summed E-state index contributed by atoms with van der Waals surface area (Å²) < 4.78 is 34.0. The van der Waals surface area contributed by atoms with Crippen LogP contribution in [-0.4, -0.2) is 30.5 Å². The van der Waals surface area contributed by atoms with Crippen molar-refractivity contribution in [1.82, 2.24) is 14.3 Å². The van der Waals surface area contributed by atoms with E-state index in [-0.39, 0.29) is 5.15 Å². The van der Waals surface area contributed by atoms with Crippen LogP contribution in [0.1, 0.15) is 48.8 Å². The van der Waals surface area contributed by atoms with E-state index < -0.39 is 15.9 Å². The van der Waals surface area contributed by atoms with E-state index in [9.17, 15) is 13.2 Å². The quantitative estimate of drug-likeness (QED) is 0.208. The number of imidazole rings is 1. The van der Waals surface area contributed by atoms with Gasteiger partial charge in [0.05, 0.1) is 24.3 Å². The lowest BCUT2D eigenvalue weighted by molar-refractivity contribution is -0.114. The number of rotatable bonds is 12. The topological polar surface area (TPSA) is 90.3 Å². The van der Waals surface area contributed by atoms with Gasteiger partial charge in [-0.15, -0.1) is 0 Å². The van der Waals surface area contributed by atoms with Crippen molar-refractivity contribution in [3.05, 3.63) is 92.8 Å². The SMILES string of the molecule is CCCCCOc1ccc(Cn2c(C)nc(Cl)c2C=CC(=O)NS(=O)(=O)C=Cc2ccccc2)c(Cl)c1. The molecule has 0 aliphatic heterocycles. The predicted octanol–water partition coefficient (Wildman–Crippen LogP) is 6.25. The van der Waals surface area contributed by atoms with Gasteiger partial charge >= 0.3 is 0 Å². The third-order valence-electron chi connectivity index (χ3n) is 5.40. The molecule has 0 saturated carbocycles. The molecule has 196 valence electrons. The summed E-state index contributed by atoms with van der Waals surface area (Å²) in [6.07, 6.45) is 7.14. The zero-order valence-electron chi connectivity index (χ0n) is 20.7. The Bertz CT molecular complexity index is 1380. The molecule has 0 unspecified atom stereocenters. The predicted molar refractivity (Wildman–Crippen MR) is 149 cm³/mol. The van der Waals surface area contributed by atoms with Gasteiger partial charge in [-0.05, 0) is 48.8 Å². The highest BCUT2D eigenvalue weighted by Gasteiger charge is 2.15. The lowest BCUT2D eigenvalue weighted by Gasteiger charge is -2.12. The van der Waals surface area contributed by atoms with Crippen molar-refractivity contribution in [3.8, 4) is 5.75 Å². The number of ether oxygens (including phenoxy) is 1. The number of aryl methyl sites for hydroxylation is 1. The van der Waals surface area contributed by atoms with Crippen LogP contribution in [0.3, 0.4) is 0 Å². The lowest BCUT2D eigenvalue weighted by Crippen LogP contribution is -2.26. The summed E-state index contributed by atoms with van der Waals surface area (Å²) in [5.74, 6) is 0.491. The Balaban J connectivity index is 1.69. The number of sulfonamides is 1. The Hall–Kier alpha value is -3.07. The Labute approximate surface area is 227 Å². The van der Waals surface area contributed by atoms with Crippen molar-refractivity contribution in [2.75, 3.05) is 6.61 Å². The van der Waals surface area contributed by atoms with Crippen LogP contribution in [0, 0.1) is 6.92 Å². The van der Waals surface area contributed by atoms with Crippen molar-refractivity contribution in [2.24, 2.45) is 0 Å². The molecule has 0 aliphatic rings. The number of carbonyl (C=O) groups excluding carboxylic acids is 1. The monoisotopic (exact) mass is 561 g/mol. The molecule has 0 aliphatic carbocycles. The summed E-state index contributed by atoms with van der Waals surface area (Å²) >= 11 is 12.8. The summed E-state index contributed by atoms with van der Waals surface area (Å²) in [5.41, 5.74) is 1.95. The van der Waals surface area contributed by atoms with Gasteiger partial charge in [0.15, 0.2) is 5.15 Å². The van der Waals surface area contributed by atoms with Crippen molar-refractivity contribution in [3.63, 3.8) is 0 Å². The minimum Gasteiger partial charge on any atom is -0.494 e. The number of amides is 1. The first kappa shape index (κ1) is 28.5. The van der Waals surface area contributed by atoms with Crippen molar-refractivity contribution < 1.29 is 17.9 Å². The van der Waals surface area contributed by atoms with Crippen LogP contribution in [0.4, 0.5) is 0 Å².